The van der Waals surface area contributed by atoms with Gasteiger partial charge in [0, 0.05) is 0 Å². The second-order valence-electron chi connectivity index (χ2n) is 5.61. The maximum atomic E-state index is 11.0. The molecule has 0 aliphatic carbocycles. The van der Waals surface area contributed by atoms with Crippen molar-refractivity contribution in [2.75, 3.05) is 0 Å². The summed E-state index contributed by atoms with van der Waals surface area (Å²) in [7, 11) is -3.95. The van der Waals surface area contributed by atoms with Crippen molar-refractivity contribution in [3.05, 3.63) is 12.7 Å². The molecule has 1 unspecified atom stereocenters. The lowest BCUT2D eigenvalue weighted by Crippen LogP contribution is -2.17. The van der Waals surface area contributed by atoms with Gasteiger partial charge < -0.3 is 0 Å². The van der Waals surface area contributed by atoms with Crippen molar-refractivity contribution in [3.8, 4) is 0 Å². The average Bonchev–Trinajstić information content (AvgIpc) is 2.38. The fourth-order valence-electron chi connectivity index (χ4n) is 2.40. The van der Waals surface area contributed by atoms with E-state index in [4.69, 9.17) is 4.55 Å². The molecular weight excluding hydrogens is 272 g/mol. The van der Waals surface area contributed by atoms with E-state index in [9.17, 15) is 8.42 Å². The second kappa shape index (κ2) is 12.4. The first-order chi connectivity index (χ1) is 9.52. The van der Waals surface area contributed by atoms with Gasteiger partial charge in [0.1, 0.15) is 5.25 Å². The van der Waals surface area contributed by atoms with E-state index in [1.807, 2.05) is 0 Å². The van der Waals surface area contributed by atoms with Gasteiger partial charge in [0.2, 0.25) is 0 Å². The Morgan fingerprint density at radius 3 is 1.65 bits per heavy atom. The maximum absolute atomic E-state index is 11.0. The Balaban J connectivity index is 3.34. The van der Waals surface area contributed by atoms with Gasteiger partial charge in [0.15, 0.2) is 0 Å². The zero-order valence-electron chi connectivity index (χ0n) is 13.0. The van der Waals surface area contributed by atoms with Crippen LogP contribution in [0.2, 0.25) is 0 Å². The Labute approximate surface area is 125 Å². The van der Waals surface area contributed by atoms with Crippen molar-refractivity contribution in [3.63, 3.8) is 0 Å². The molecule has 3 nitrogen and oxygen atoms in total. The molecular formula is C16H32O3S. The van der Waals surface area contributed by atoms with E-state index in [2.05, 4.69) is 13.5 Å². The van der Waals surface area contributed by atoms with Gasteiger partial charge in [-0.25, -0.2) is 0 Å². The highest BCUT2D eigenvalue weighted by atomic mass is 32.2. The molecule has 0 amide bonds. The van der Waals surface area contributed by atoms with Crippen LogP contribution in [0.5, 0.6) is 0 Å². The molecule has 120 valence electrons. The first-order valence-corrected chi connectivity index (χ1v) is 9.61. The summed E-state index contributed by atoms with van der Waals surface area (Å²) in [6.45, 7) is 5.69. The highest BCUT2D eigenvalue weighted by Gasteiger charge is 2.18. The molecule has 0 aromatic heterocycles. The summed E-state index contributed by atoms with van der Waals surface area (Å²) in [6, 6.07) is 0. The van der Waals surface area contributed by atoms with Gasteiger partial charge in [0.05, 0.1) is 0 Å². The first kappa shape index (κ1) is 19.7. The Hall–Kier alpha value is -0.350. The summed E-state index contributed by atoms with van der Waals surface area (Å²) in [5.41, 5.74) is 0. The molecule has 0 fully saturated rings. The average molecular weight is 304 g/mol. The minimum atomic E-state index is -3.95. The quantitative estimate of drug-likeness (QED) is 0.275. The molecule has 0 radical (unpaired) electrons. The molecule has 20 heavy (non-hydrogen) atoms. The molecule has 0 aliphatic rings. The summed E-state index contributed by atoms with van der Waals surface area (Å²) >= 11 is 0. The summed E-state index contributed by atoms with van der Waals surface area (Å²) in [5, 5.41) is -0.791. The predicted octanol–water partition coefficient (Wildman–Crippen LogP) is 5.13. The van der Waals surface area contributed by atoms with Crippen molar-refractivity contribution in [2.45, 2.75) is 89.2 Å². The largest absolute Gasteiger partial charge is 0.285 e. The van der Waals surface area contributed by atoms with Crippen LogP contribution in [-0.2, 0) is 10.1 Å². The van der Waals surface area contributed by atoms with Crippen molar-refractivity contribution in [1.82, 2.24) is 0 Å². The third-order valence-electron chi connectivity index (χ3n) is 3.74. The fourth-order valence-corrected chi connectivity index (χ4v) is 3.11. The lowest BCUT2D eigenvalue weighted by molar-refractivity contribution is 0.467. The maximum Gasteiger partial charge on any atom is 0.271 e. The molecule has 0 heterocycles. The molecule has 0 bridgehead atoms. The van der Waals surface area contributed by atoms with Gasteiger partial charge in [-0.15, -0.1) is 6.58 Å². The van der Waals surface area contributed by atoms with E-state index >= 15 is 0 Å². The van der Waals surface area contributed by atoms with Crippen LogP contribution in [0.1, 0.15) is 84.0 Å². The van der Waals surface area contributed by atoms with Crippen LogP contribution in [0.3, 0.4) is 0 Å². The van der Waals surface area contributed by atoms with Gasteiger partial charge in [-0.05, 0) is 6.42 Å². The van der Waals surface area contributed by atoms with Crippen LogP contribution in [0.4, 0.5) is 0 Å². The number of hydrogen-bond acceptors (Lipinski definition) is 2. The van der Waals surface area contributed by atoms with Gasteiger partial charge in [-0.3, -0.25) is 4.55 Å². The Bertz CT molecular complexity index is 323. The topological polar surface area (TPSA) is 54.4 Å². The van der Waals surface area contributed by atoms with Crippen LogP contribution >= 0.6 is 0 Å². The number of unbranched alkanes of at least 4 members (excludes halogenated alkanes) is 10. The van der Waals surface area contributed by atoms with E-state index in [1.54, 1.807) is 0 Å². The second-order valence-corrected chi connectivity index (χ2v) is 7.25. The molecule has 0 rings (SSSR count). The third-order valence-corrected chi connectivity index (χ3v) is 4.93. The predicted molar refractivity (Wildman–Crippen MR) is 86.6 cm³/mol. The lowest BCUT2D eigenvalue weighted by atomic mass is 10.0. The summed E-state index contributed by atoms with van der Waals surface area (Å²) < 4.78 is 30.9. The summed E-state index contributed by atoms with van der Waals surface area (Å²) in [4.78, 5) is 0. The van der Waals surface area contributed by atoms with Gasteiger partial charge in [0.25, 0.3) is 10.1 Å². The highest BCUT2D eigenvalue weighted by Crippen LogP contribution is 2.14. The van der Waals surface area contributed by atoms with Crippen molar-refractivity contribution < 1.29 is 13.0 Å². The molecule has 0 aromatic carbocycles. The Morgan fingerprint density at radius 1 is 0.900 bits per heavy atom. The molecule has 1 atom stereocenters. The van der Waals surface area contributed by atoms with Crippen LogP contribution in [0, 0.1) is 0 Å². The zero-order valence-corrected chi connectivity index (χ0v) is 13.8. The number of hydrogen-bond donors (Lipinski definition) is 1. The SMILES string of the molecule is C=CC(CCCCCCCCCCCCC)S(=O)(=O)O. The van der Waals surface area contributed by atoms with Gasteiger partial charge in [-0.2, -0.15) is 8.42 Å². The molecule has 0 aromatic rings. The van der Waals surface area contributed by atoms with Crippen molar-refractivity contribution in [1.29, 1.82) is 0 Å². The van der Waals surface area contributed by atoms with Gasteiger partial charge >= 0.3 is 0 Å². The Kier molecular flexibility index (Phi) is 12.2. The lowest BCUT2D eigenvalue weighted by Gasteiger charge is -2.08. The van der Waals surface area contributed by atoms with E-state index in [0.29, 0.717) is 6.42 Å². The monoisotopic (exact) mass is 304 g/mol. The van der Waals surface area contributed by atoms with E-state index in [-0.39, 0.29) is 0 Å². The third kappa shape index (κ3) is 11.5. The van der Waals surface area contributed by atoms with E-state index in [0.717, 1.165) is 19.3 Å². The molecule has 0 aliphatic heterocycles. The number of rotatable bonds is 14. The summed E-state index contributed by atoms with van der Waals surface area (Å²) in [6.07, 6.45) is 15.4. The van der Waals surface area contributed by atoms with Crippen LogP contribution in [0.25, 0.3) is 0 Å². The fraction of sp³-hybridized carbons (Fsp3) is 0.875. The highest BCUT2D eigenvalue weighted by molar-refractivity contribution is 7.86. The van der Waals surface area contributed by atoms with E-state index < -0.39 is 15.4 Å². The van der Waals surface area contributed by atoms with Crippen molar-refractivity contribution in [2.24, 2.45) is 0 Å². The molecule has 4 heteroatoms. The van der Waals surface area contributed by atoms with Crippen LogP contribution in [0.15, 0.2) is 12.7 Å². The summed E-state index contributed by atoms with van der Waals surface area (Å²) in [5.74, 6) is 0. The van der Waals surface area contributed by atoms with E-state index in [1.165, 1.54) is 57.4 Å². The molecule has 0 saturated heterocycles. The smallest absolute Gasteiger partial charge is 0.271 e. The first-order valence-electron chi connectivity index (χ1n) is 8.11. The molecule has 0 spiro atoms. The van der Waals surface area contributed by atoms with Crippen LogP contribution < -0.4 is 0 Å². The molecule has 0 saturated carbocycles. The zero-order chi connectivity index (χ0) is 15.3. The Morgan fingerprint density at radius 2 is 1.30 bits per heavy atom. The van der Waals surface area contributed by atoms with Crippen molar-refractivity contribution >= 4 is 10.1 Å². The van der Waals surface area contributed by atoms with Gasteiger partial charge in [-0.1, -0.05) is 83.6 Å². The minimum Gasteiger partial charge on any atom is -0.285 e. The molecule has 1 N–H and O–H groups in total. The normalized spacial score (nSPS) is 13.3. The van der Waals surface area contributed by atoms with Crippen LogP contribution in [-0.4, -0.2) is 18.2 Å². The minimum absolute atomic E-state index is 0.485. The standard InChI is InChI=1S/C16H32O3S/c1-3-5-6-7-8-9-10-11-12-13-14-15-16(4-2)20(17,18)19/h4,16H,2-3,5-15H2,1H3,(H,17,18,19).